The van der Waals surface area contributed by atoms with Crippen LogP contribution in [0, 0.1) is 5.82 Å². The molecule has 2 rings (SSSR count). The second-order valence-electron chi connectivity index (χ2n) is 4.00. The molecule has 0 saturated carbocycles. The van der Waals surface area contributed by atoms with E-state index in [1.165, 1.54) is 12.1 Å². The number of carbonyl (C=O) groups excluding carboxylic acids is 1. The summed E-state index contributed by atoms with van der Waals surface area (Å²) >= 11 is 5.62. The maximum absolute atomic E-state index is 13.5. The number of nitrogens with two attached hydrogens (primary N) is 1. The van der Waals surface area contributed by atoms with Crippen LogP contribution in [0.15, 0.2) is 42.5 Å². The van der Waals surface area contributed by atoms with E-state index in [1.807, 2.05) is 0 Å². The molecule has 0 saturated heterocycles. The molecule has 0 aliphatic carbocycles. The Balaban J connectivity index is 1.94. The summed E-state index contributed by atoms with van der Waals surface area (Å²) in [5.74, 6) is -0.696. The van der Waals surface area contributed by atoms with E-state index in [0.717, 1.165) is 6.07 Å². The first kappa shape index (κ1) is 14.1. The third-order valence-electron chi connectivity index (χ3n) is 2.48. The van der Waals surface area contributed by atoms with Crippen molar-refractivity contribution in [3.63, 3.8) is 0 Å². The predicted octanol–water partition coefficient (Wildman–Crippen LogP) is 3.08. The number of amides is 1. The van der Waals surface area contributed by atoms with Crippen LogP contribution < -0.4 is 15.8 Å². The second kappa shape index (κ2) is 6.25. The van der Waals surface area contributed by atoms with Crippen LogP contribution in [0.5, 0.6) is 5.75 Å². The van der Waals surface area contributed by atoms with Crippen LogP contribution in [0.3, 0.4) is 0 Å². The highest BCUT2D eigenvalue weighted by Crippen LogP contribution is 2.20. The Morgan fingerprint density at radius 1 is 1.30 bits per heavy atom. The zero-order valence-corrected chi connectivity index (χ0v) is 11.2. The Morgan fingerprint density at radius 3 is 2.75 bits per heavy atom. The second-order valence-corrected chi connectivity index (χ2v) is 4.44. The molecule has 3 N–H and O–H groups in total. The lowest BCUT2D eigenvalue weighted by molar-refractivity contribution is -0.118. The molecule has 0 unspecified atom stereocenters. The predicted molar refractivity (Wildman–Crippen MR) is 76.4 cm³/mol. The molecule has 0 aliphatic rings. The maximum Gasteiger partial charge on any atom is 0.262 e. The number of nitrogens with one attached hydrogen (secondary N) is 1. The van der Waals surface area contributed by atoms with Gasteiger partial charge in [0.2, 0.25) is 0 Å². The summed E-state index contributed by atoms with van der Waals surface area (Å²) in [5, 5.41) is 2.65. The smallest absolute Gasteiger partial charge is 0.262 e. The number of ether oxygens (including phenoxy) is 1. The van der Waals surface area contributed by atoms with Crippen molar-refractivity contribution in [3.05, 3.63) is 53.3 Å². The van der Waals surface area contributed by atoms with Gasteiger partial charge < -0.3 is 15.8 Å². The molecule has 1 amide bonds. The van der Waals surface area contributed by atoms with Gasteiger partial charge in [0.25, 0.3) is 5.91 Å². The van der Waals surface area contributed by atoms with Crippen LogP contribution in [0.25, 0.3) is 0 Å². The number of hydrogen-bond donors (Lipinski definition) is 2. The summed E-state index contributed by atoms with van der Waals surface area (Å²) in [7, 11) is 0. The summed E-state index contributed by atoms with van der Waals surface area (Å²) in [5.41, 5.74) is 6.14. The average Bonchev–Trinajstić information content (AvgIpc) is 2.41. The number of benzene rings is 2. The van der Waals surface area contributed by atoms with Gasteiger partial charge in [-0.25, -0.2) is 4.39 Å². The van der Waals surface area contributed by atoms with Gasteiger partial charge in [-0.3, -0.25) is 4.79 Å². The molecule has 0 atom stereocenters. The first-order valence-electron chi connectivity index (χ1n) is 5.78. The molecular formula is C14H12ClFN2O2. The van der Waals surface area contributed by atoms with Crippen LogP contribution in [0.4, 0.5) is 15.8 Å². The zero-order chi connectivity index (χ0) is 14.5. The molecule has 104 valence electrons. The van der Waals surface area contributed by atoms with Crippen molar-refractivity contribution in [2.45, 2.75) is 0 Å². The molecule has 0 bridgehead atoms. The van der Waals surface area contributed by atoms with E-state index >= 15 is 0 Å². The Kier molecular flexibility index (Phi) is 4.42. The minimum absolute atomic E-state index is 0.0454. The minimum Gasteiger partial charge on any atom is -0.482 e. The normalized spacial score (nSPS) is 10.1. The number of para-hydroxylation sites is 2. The number of rotatable bonds is 4. The molecule has 4 nitrogen and oxygen atoms in total. The number of nitrogen functional groups attached to an aromatic ring is 1. The van der Waals surface area contributed by atoms with Crippen LogP contribution in [0.2, 0.25) is 5.02 Å². The lowest BCUT2D eigenvalue weighted by Crippen LogP contribution is -2.21. The van der Waals surface area contributed by atoms with Gasteiger partial charge >= 0.3 is 0 Å². The highest BCUT2D eigenvalue weighted by molar-refractivity contribution is 6.30. The summed E-state index contributed by atoms with van der Waals surface area (Å²) < 4.78 is 18.7. The van der Waals surface area contributed by atoms with Crippen molar-refractivity contribution in [1.29, 1.82) is 0 Å². The van der Waals surface area contributed by atoms with Crippen molar-refractivity contribution < 1.29 is 13.9 Å². The van der Waals surface area contributed by atoms with E-state index in [4.69, 9.17) is 22.1 Å². The number of carbonyl (C=O) groups is 1. The third-order valence-corrected chi connectivity index (χ3v) is 2.72. The molecule has 20 heavy (non-hydrogen) atoms. The molecule has 2 aromatic carbocycles. The summed E-state index contributed by atoms with van der Waals surface area (Å²) in [6.07, 6.45) is 0. The largest absolute Gasteiger partial charge is 0.482 e. The zero-order valence-electron chi connectivity index (χ0n) is 10.4. The molecule has 0 radical (unpaired) electrons. The van der Waals surface area contributed by atoms with Gasteiger partial charge in [0.05, 0.1) is 11.4 Å². The van der Waals surface area contributed by atoms with E-state index < -0.39 is 11.7 Å². The Bertz CT molecular complexity index is 634. The number of halogens is 2. The van der Waals surface area contributed by atoms with Crippen LogP contribution in [-0.2, 0) is 4.79 Å². The molecule has 0 spiro atoms. The summed E-state index contributed by atoms with van der Waals surface area (Å²) in [4.78, 5) is 11.7. The van der Waals surface area contributed by atoms with Gasteiger partial charge in [-0.1, -0.05) is 23.7 Å². The van der Waals surface area contributed by atoms with Crippen molar-refractivity contribution in [3.8, 4) is 5.75 Å². The third kappa shape index (κ3) is 3.61. The van der Waals surface area contributed by atoms with E-state index in [-0.39, 0.29) is 17.3 Å². The molecule has 0 fully saturated rings. The number of hydrogen-bond acceptors (Lipinski definition) is 3. The van der Waals surface area contributed by atoms with Gasteiger partial charge in [-0.15, -0.1) is 0 Å². The first-order chi connectivity index (χ1) is 9.56. The fourth-order valence-corrected chi connectivity index (χ4v) is 1.69. The molecule has 0 aromatic heterocycles. The van der Waals surface area contributed by atoms with E-state index in [0.29, 0.717) is 11.4 Å². The van der Waals surface area contributed by atoms with Gasteiger partial charge in [0.1, 0.15) is 11.6 Å². The Hall–Kier alpha value is -2.27. The Labute approximate surface area is 120 Å². The molecule has 6 heteroatoms. The van der Waals surface area contributed by atoms with Crippen molar-refractivity contribution in [2.75, 3.05) is 17.7 Å². The first-order valence-corrected chi connectivity index (χ1v) is 6.16. The fraction of sp³-hybridized carbons (Fsp3) is 0.0714. The van der Waals surface area contributed by atoms with Crippen molar-refractivity contribution >= 4 is 28.9 Å². The molecular weight excluding hydrogens is 283 g/mol. The minimum atomic E-state index is -0.606. The lowest BCUT2D eigenvalue weighted by atomic mass is 10.3. The topological polar surface area (TPSA) is 64.3 Å². The van der Waals surface area contributed by atoms with Gasteiger partial charge in [0.15, 0.2) is 6.61 Å². The van der Waals surface area contributed by atoms with E-state index in [2.05, 4.69) is 5.32 Å². The van der Waals surface area contributed by atoms with Crippen molar-refractivity contribution in [1.82, 2.24) is 0 Å². The standard InChI is InChI=1S/C14H12ClFN2O2/c15-9-5-6-12(10(16)7-9)18-14(19)8-20-13-4-2-1-3-11(13)17/h1-7H,8,17H2,(H,18,19). The molecule has 0 aliphatic heterocycles. The summed E-state index contributed by atoms with van der Waals surface area (Å²) in [6, 6.07) is 10.8. The lowest BCUT2D eigenvalue weighted by Gasteiger charge is -2.09. The van der Waals surface area contributed by atoms with E-state index in [1.54, 1.807) is 24.3 Å². The highest BCUT2D eigenvalue weighted by atomic mass is 35.5. The highest BCUT2D eigenvalue weighted by Gasteiger charge is 2.09. The SMILES string of the molecule is Nc1ccccc1OCC(=O)Nc1ccc(Cl)cc1F. The van der Waals surface area contributed by atoms with Crippen LogP contribution in [0.1, 0.15) is 0 Å². The van der Waals surface area contributed by atoms with Crippen LogP contribution >= 0.6 is 11.6 Å². The van der Waals surface area contributed by atoms with E-state index in [9.17, 15) is 9.18 Å². The maximum atomic E-state index is 13.5. The quantitative estimate of drug-likeness (QED) is 0.852. The molecule has 0 heterocycles. The fourth-order valence-electron chi connectivity index (χ4n) is 1.53. The van der Waals surface area contributed by atoms with Crippen LogP contribution in [-0.4, -0.2) is 12.5 Å². The van der Waals surface area contributed by atoms with Gasteiger partial charge in [-0.05, 0) is 30.3 Å². The Morgan fingerprint density at radius 2 is 2.05 bits per heavy atom. The van der Waals surface area contributed by atoms with Gasteiger partial charge in [0, 0.05) is 5.02 Å². The van der Waals surface area contributed by atoms with Crippen molar-refractivity contribution in [2.24, 2.45) is 0 Å². The average molecular weight is 295 g/mol. The monoisotopic (exact) mass is 294 g/mol. The summed E-state index contributed by atoms with van der Waals surface area (Å²) in [6.45, 7) is -0.268. The molecule has 2 aromatic rings. The van der Waals surface area contributed by atoms with Gasteiger partial charge in [-0.2, -0.15) is 0 Å². The number of anilines is 2.